The third-order valence-corrected chi connectivity index (χ3v) is 3.66. The Hall–Kier alpha value is -2.31. The Morgan fingerprint density at radius 3 is 2.85 bits per heavy atom. The minimum atomic E-state index is -0.858. The van der Waals surface area contributed by atoms with E-state index >= 15 is 0 Å². The second-order valence-electron chi connectivity index (χ2n) is 5.23. The summed E-state index contributed by atoms with van der Waals surface area (Å²) in [6.45, 7) is 1.96. The van der Waals surface area contributed by atoms with Crippen LogP contribution in [0.15, 0.2) is 18.2 Å². The minimum absolute atomic E-state index is 0.165. The monoisotopic (exact) mass is 276 g/mol. The molecule has 1 heterocycles. The van der Waals surface area contributed by atoms with Crippen LogP contribution in [0.4, 0.5) is 4.39 Å². The first-order valence-electron chi connectivity index (χ1n) is 6.28. The largest absolute Gasteiger partial charge is 0.481 e. The number of aliphatic carboxylic acids is 1. The molecule has 0 aliphatic heterocycles. The Bertz CT molecular complexity index is 679. The molecule has 0 saturated heterocycles. The number of tetrazole rings is 1. The van der Waals surface area contributed by atoms with Gasteiger partial charge < -0.3 is 5.11 Å². The molecule has 7 heteroatoms. The Morgan fingerprint density at radius 1 is 1.50 bits per heavy atom. The molecule has 1 saturated carbocycles. The summed E-state index contributed by atoms with van der Waals surface area (Å²) in [7, 11) is 0. The van der Waals surface area contributed by atoms with E-state index in [4.69, 9.17) is 0 Å². The van der Waals surface area contributed by atoms with Crippen molar-refractivity contribution in [2.45, 2.75) is 26.3 Å². The Kier molecular flexibility index (Phi) is 2.77. The Labute approximate surface area is 114 Å². The van der Waals surface area contributed by atoms with Crippen LogP contribution in [-0.2, 0) is 11.3 Å². The highest BCUT2D eigenvalue weighted by Crippen LogP contribution is 2.47. The third-order valence-electron chi connectivity index (χ3n) is 3.66. The van der Waals surface area contributed by atoms with Crippen LogP contribution in [-0.4, -0.2) is 31.3 Å². The lowest BCUT2D eigenvalue weighted by Crippen LogP contribution is -2.22. The molecule has 0 amide bonds. The molecule has 1 N–H and O–H groups in total. The van der Waals surface area contributed by atoms with Crippen molar-refractivity contribution in [3.63, 3.8) is 0 Å². The van der Waals surface area contributed by atoms with Gasteiger partial charge in [0.1, 0.15) is 5.82 Å². The topological polar surface area (TPSA) is 80.9 Å². The van der Waals surface area contributed by atoms with Gasteiger partial charge in [-0.25, -0.2) is 9.07 Å². The molecule has 20 heavy (non-hydrogen) atoms. The van der Waals surface area contributed by atoms with Gasteiger partial charge in [0.05, 0.1) is 17.5 Å². The summed E-state index contributed by atoms with van der Waals surface area (Å²) in [5, 5.41) is 20.3. The number of aromatic nitrogens is 4. The average molecular weight is 276 g/mol. The predicted molar refractivity (Wildman–Crippen MR) is 67.3 cm³/mol. The van der Waals surface area contributed by atoms with Crippen molar-refractivity contribution < 1.29 is 14.3 Å². The van der Waals surface area contributed by atoms with Crippen molar-refractivity contribution in [1.82, 2.24) is 20.2 Å². The van der Waals surface area contributed by atoms with Gasteiger partial charge in [-0.05, 0) is 47.9 Å². The first-order valence-corrected chi connectivity index (χ1v) is 6.28. The van der Waals surface area contributed by atoms with E-state index in [2.05, 4.69) is 15.5 Å². The highest BCUT2D eigenvalue weighted by molar-refractivity contribution is 5.77. The molecule has 3 rings (SSSR count). The second kappa shape index (κ2) is 4.36. The van der Waals surface area contributed by atoms with Crippen LogP contribution in [0.25, 0.3) is 11.4 Å². The van der Waals surface area contributed by atoms with E-state index in [0.29, 0.717) is 12.8 Å². The fourth-order valence-corrected chi connectivity index (χ4v) is 2.18. The van der Waals surface area contributed by atoms with Gasteiger partial charge in [-0.2, -0.15) is 0 Å². The molecule has 1 fully saturated rings. The van der Waals surface area contributed by atoms with Crippen LogP contribution in [0.1, 0.15) is 18.4 Å². The van der Waals surface area contributed by atoms with Crippen molar-refractivity contribution in [2.75, 3.05) is 0 Å². The van der Waals surface area contributed by atoms with Gasteiger partial charge in [0, 0.05) is 0 Å². The summed E-state index contributed by atoms with van der Waals surface area (Å²) in [6.07, 6.45) is 1.19. The van der Waals surface area contributed by atoms with Gasteiger partial charge in [-0.1, -0.05) is 6.07 Å². The number of hydrogen-bond donors (Lipinski definition) is 1. The molecule has 0 spiro atoms. The summed E-state index contributed by atoms with van der Waals surface area (Å²) in [6, 6.07) is 4.77. The van der Waals surface area contributed by atoms with Gasteiger partial charge in [0.15, 0.2) is 5.82 Å². The maximum absolute atomic E-state index is 14.0. The lowest BCUT2D eigenvalue weighted by molar-refractivity contribution is -0.144. The van der Waals surface area contributed by atoms with Gasteiger partial charge in [0.25, 0.3) is 0 Å². The van der Waals surface area contributed by atoms with Crippen LogP contribution in [0.5, 0.6) is 0 Å². The lowest BCUT2D eigenvalue weighted by Gasteiger charge is -2.11. The average Bonchev–Trinajstić information content (AvgIpc) is 3.03. The summed E-state index contributed by atoms with van der Waals surface area (Å²) in [5.74, 6) is -1.01. The standard InChI is InChI=1S/C13H13FN4O2/c1-8-2-3-9(10(14)6-8)11-15-16-17-18(11)7-13(4-5-13)12(19)20/h2-3,6H,4-5,7H2,1H3,(H,19,20). The van der Waals surface area contributed by atoms with Crippen molar-refractivity contribution >= 4 is 5.97 Å². The normalized spacial score (nSPS) is 16.1. The number of carbonyl (C=O) groups is 1. The van der Waals surface area contributed by atoms with Crippen molar-refractivity contribution in [3.8, 4) is 11.4 Å². The Balaban J connectivity index is 1.96. The van der Waals surface area contributed by atoms with E-state index < -0.39 is 17.2 Å². The number of carboxylic acids is 1. The van der Waals surface area contributed by atoms with Gasteiger partial charge >= 0.3 is 5.97 Å². The lowest BCUT2D eigenvalue weighted by atomic mass is 10.1. The van der Waals surface area contributed by atoms with Gasteiger partial charge in [-0.15, -0.1) is 5.10 Å². The van der Waals surface area contributed by atoms with E-state index in [-0.39, 0.29) is 17.9 Å². The zero-order chi connectivity index (χ0) is 14.3. The first-order chi connectivity index (χ1) is 9.52. The van der Waals surface area contributed by atoms with E-state index in [1.807, 2.05) is 0 Å². The number of rotatable bonds is 4. The van der Waals surface area contributed by atoms with Gasteiger partial charge in [0.2, 0.25) is 0 Å². The number of hydrogen-bond acceptors (Lipinski definition) is 4. The number of carboxylic acid groups (broad SMARTS) is 1. The fraction of sp³-hybridized carbons (Fsp3) is 0.385. The highest BCUT2D eigenvalue weighted by atomic mass is 19.1. The minimum Gasteiger partial charge on any atom is -0.481 e. The van der Waals surface area contributed by atoms with Crippen LogP contribution >= 0.6 is 0 Å². The van der Waals surface area contributed by atoms with Crippen molar-refractivity contribution in [2.24, 2.45) is 5.41 Å². The summed E-state index contributed by atoms with van der Waals surface area (Å²) >= 11 is 0. The molecular weight excluding hydrogens is 263 g/mol. The number of halogens is 1. The van der Waals surface area contributed by atoms with Crippen molar-refractivity contribution in [3.05, 3.63) is 29.6 Å². The van der Waals surface area contributed by atoms with Crippen LogP contribution in [0.2, 0.25) is 0 Å². The SMILES string of the molecule is Cc1ccc(-c2nnnn2CC2(C(=O)O)CC2)c(F)c1. The smallest absolute Gasteiger partial charge is 0.311 e. The van der Waals surface area contributed by atoms with Crippen LogP contribution in [0, 0.1) is 18.2 Å². The maximum Gasteiger partial charge on any atom is 0.311 e. The zero-order valence-electron chi connectivity index (χ0n) is 10.9. The quantitative estimate of drug-likeness (QED) is 0.918. The molecule has 0 radical (unpaired) electrons. The molecule has 6 nitrogen and oxygen atoms in total. The van der Waals surface area contributed by atoms with E-state index in [1.165, 1.54) is 10.7 Å². The number of aryl methyl sites for hydroxylation is 1. The summed E-state index contributed by atoms with van der Waals surface area (Å²) in [5.41, 5.74) is 0.280. The predicted octanol–water partition coefficient (Wildman–Crippen LogP) is 1.65. The van der Waals surface area contributed by atoms with E-state index in [1.54, 1.807) is 19.1 Å². The molecule has 104 valence electrons. The zero-order valence-corrected chi connectivity index (χ0v) is 10.9. The molecule has 0 atom stereocenters. The molecule has 1 aliphatic rings. The molecule has 1 aromatic heterocycles. The maximum atomic E-state index is 14.0. The molecule has 0 unspecified atom stereocenters. The highest BCUT2D eigenvalue weighted by Gasteiger charge is 2.51. The van der Waals surface area contributed by atoms with Crippen LogP contribution in [0.3, 0.4) is 0 Å². The Morgan fingerprint density at radius 2 is 2.25 bits per heavy atom. The van der Waals surface area contributed by atoms with E-state index in [0.717, 1.165) is 5.56 Å². The summed E-state index contributed by atoms with van der Waals surface area (Å²) < 4.78 is 15.3. The summed E-state index contributed by atoms with van der Waals surface area (Å²) in [4.78, 5) is 11.2. The van der Waals surface area contributed by atoms with E-state index in [9.17, 15) is 14.3 Å². The molecule has 0 bridgehead atoms. The molecule has 1 aromatic carbocycles. The first kappa shape index (κ1) is 12.7. The molecule has 2 aromatic rings. The number of benzene rings is 1. The molecule has 1 aliphatic carbocycles. The van der Waals surface area contributed by atoms with Gasteiger partial charge in [-0.3, -0.25) is 4.79 Å². The van der Waals surface area contributed by atoms with Crippen LogP contribution < -0.4 is 0 Å². The number of nitrogens with zero attached hydrogens (tertiary/aromatic N) is 4. The molecular formula is C13H13FN4O2. The third kappa shape index (κ3) is 2.04. The second-order valence-corrected chi connectivity index (χ2v) is 5.23. The van der Waals surface area contributed by atoms with Crippen molar-refractivity contribution in [1.29, 1.82) is 0 Å². The fourth-order valence-electron chi connectivity index (χ4n) is 2.18.